The van der Waals surface area contributed by atoms with Crippen molar-refractivity contribution in [1.82, 2.24) is 4.90 Å². The highest BCUT2D eigenvalue weighted by atomic mass is 35.5. The predicted molar refractivity (Wildman–Crippen MR) is 78.9 cm³/mol. The van der Waals surface area contributed by atoms with Crippen LogP contribution in [0.3, 0.4) is 0 Å². The van der Waals surface area contributed by atoms with Gasteiger partial charge in [-0.1, -0.05) is 35.7 Å². The van der Waals surface area contributed by atoms with Crippen molar-refractivity contribution in [3.05, 3.63) is 33.8 Å². The Hall–Kier alpha value is -0.280. The van der Waals surface area contributed by atoms with Gasteiger partial charge >= 0.3 is 0 Å². The maximum Gasteiger partial charge on any atom is 0.0854 e. The monoisotopic (exact) mass is 299 g/mol. The van der Waals surface area contributed by atoms with Crippen LogP contribution in [0.1, 0.15) is 31.2 Å². The molecule has 0 radical (unpaired) electrons. The SMILES string of the molecule is OC1(Cc2ccc(Cl)cc2Cl)CCN2CCCCC21. The van der Waals surface area contributed by atoms with Crippen LogP contribution in [0.4, 0.5) is 0 Å². The lowest BCUT2D eigenvalue weighted by atomic mass is 9.84. The molecule has 0 spiro atoms. The minimum atomic E-state index is -0.627. The second kappa shape index (κ2) is 5.25. The van der Waals surface area contributed by atoms with Crippen LogP contribution < -0.4 is 0 Å². The molecule has 19 heavy (non-hydrogen) atoms. The van der Waals surface area contributed by atoms with E-state index < -0.39 is 5.60 Å². The number of piperidine rings is 1. The van der Waals surface area contributed by atoms with Crippen LogP contribution in [0.15, 0.2) is 18.2 Å². The first-order valence-electron chi connectivity index (χ1n) is 6.99. The Labute approximate surface area is 124 Å². The zero-order chi connectivity index (χ0) is 13.5. The first-order valence-corrected chi connectivity index (χ1v) is 7.74. The molecule has 0 aliphatic carbocycles. The molecule has 2 nitrogen and oxygen atoms in total. The average Bonchev–Trinajstić information content (AvgIpc) is 2.72. The fraction of sp³-hybridized carbons (Fsp3) is 0.600. The fourth-order valence-corrected chi connectivity index (χ4v) is 4.05. The number of nitrogens with zero attached hydrogens (tertiary/aromatic N) is 1. The number of benzene rings is 1. The second-order valence-corrected chi connectivity index (χ2v) is 6.66. The molecule has 0 saturated carbocycles. The minimum absolute atomic E-state index is 0.299. The third-order valence-electron chi connectivity index (χ3n) is 4.58. The first-order chi connectivity index (χ1) is 9.08. The molecule has 2 atom stereocenters. The molecular formula is C15H19Cl2NO. The number of halogens is 2. The summed E-state index contributed by atoms with van der Waals surface area (Å²) in [5.74, 6) is 0. The minimum Gasteiger partial charge on any atom is -0.388 e. The molecule has 2 aliphatic rings. The van der Waals surface area contributed by atoms with Gasteiger partial charge in [0.2, 0.25) is 0 Å². The Morgan fingerprint density at radius 1 is 1.26 bits per heavy atom. The number of hydrogen-bond acceptors (Lipinski definition) is 2. The number of rotatable bonds is 2. The molecule has 4 heteroatoms. The van der Waals surface area contributed by atoms with Crippen molar-refractivity contribution >= 4 is 23.2 Å². The van der Waals surface area contributed by atoms with Crippen molar-refractivity contribution in [1.29, 1.82) is 0 Å². The van der Waals surface area contributed by atoms with Crippen molar-refractivity contribution in [2.45, 2.75) is 43.7 Å². The highest BCUT2D eigenvalue weighted by molar-refractivity contribution is 6.35. The summed E-state index contributed by atoms with van der Waals surface area (Å²) in [7, 11) is 0. The van der Waals surface area contributed by atoms with Gasteiger partial charge < -0.3 is 5.11 Å². The largest absolute Gasteiger partial charge is 0.388 e. The second-order valence-electron chi connectivity index (χ2n) is 5.81. The van der Waals surface area contributed by atoms with Crippen LogP contribution >= 0.6 is 23.2 Å². The molecule has 0 amide bonds. The molecule has 1 aromatic carbocycles. The Morgan fingerprint density at radius 3 is 2.89 bits per heavy atom. The van der Waals surface area contributed by atoms with E-state index in [0.29, 0.717) is 22.5 Å². The van der Waals surface area contributed by atoms with Crippen molar-refractivity contribution < 1.29 is 5.11 Å². The molecule has 2 saturated heterocycles. The summed E-state index contributed by atoms with van der Waals surface area (Å²) in [5.41, 5.74) is 0.374. The lowest BCUT2D eigenvalue weighted by Crippen LogP contribution is -2.48. The summed E-state index contributed by atoms with van der Waals surface area (Å²) in [6.07, 6.45) is 5.05. The first kappa shape index (κ1) is 13.7. The normalized spacial score (nSPS) is 31.4. The van der Waals surface area contributed by atoms with Crippen molar-refractivity contribution in [2.75, 3.05) is 13.1 Å². The van der Waals surface area contributed by atoms with Gasteiger partial charge in [0.05, 0.1) is 5.60 Å². The van der Waals surface area contributed by atoms with Crippen molar-refractivity contribution in [3.63, 3.8) is 0 Å². The molecule has 3 rings (SSSR count). The molecule has 1 aromatic rings. The lowest BCUT2D eigenvalue weighted by molar-refractivity contribution is -0.00884. The van der Waals surface area contributed by atoms with Crippen LogP contribution in [0.5, 0.6) is 0 Å². The number of hydrogen-bond donors (Lipinski definition) is 1. The van der Waals surface area contributed by atoms with E-state index in [0.717, 1.165) is 31.5 Å². The van der Waals surface area contributed by atoms with Gasteiger partial charge in [-0.25, -0.2) is 0 Å². The Morgan fingerprint density at radius 2 is 2.11 bits per heavy atom. The quantitative estimate of drug-likeness (QED) is 0.903. The van der Waals surface area contributed by atoms with Crippen LogP contribution in [0.25, 0.3) is 0 Å². The molecule has 0 aromatic heterocycles. The maximum atomic E-state index is 11.0. The van der Waals surface area contributed by atoms with Crippen molar-refractivity contribution in [2.24, 2.45) is 0 Å². The molecule has 2 aliphatic heterocycles. The van der Waals surface area contributed by atoms with Crippen LogP contribution in [0.2, 0.25) is 10.0 Å². The summed E-state index contributed by atoms with van der Waals surface area (Å²) in [4.78, 5) is 2.44. The molecule has 2 heterocycles. The van der Waals surface area contributed by atoms with Gasteiger partial charge in [-0.05, 0) is 43.5 Å². The number of aliphatic hydroxyl groups is 1. The number of fused-ring (bicyclic) bond motifs is 1. The summed E-state index contributed by atoms with van der Waals surface area (Å²) in [6, 6.07) is 5.84. The van der Waals surface area contributed by atoms with Gasteiger partial charge in [0.1, 0.15) is 0 Å². The van der Waals surface area contributed by atoms with E-state index in [2.05, 4.69) is 4.90 Å². The molecular weight excluding hydrogens is 281 g/mol. The highest BCUT2D eigenvalue weighted by Crippen LogP contribution is 2.38. The summed E-state index contributed by atoms with van der Waals surface area (Å²) in [6.45, 7) is 2.13. The Bertz CT molecular complexity index is 479. The van der Waals surface area contributed by atoms with Gasteiger partial charge in [0.15, 0.2) is 0 Å². The third kappa shape index (κ3) is 2.64. The zero-order valence-corrected chi connectivity index (χ0v) is 12.4. The Kier molecular flexibility index (Phi) is 3.78. The van der Waals surface area contributed by atoms with Crippen molar-refractivity contribution in [3.8, 4) is 0 Å². The van der Waals surface area contributed by atoms with E-state index in [1.54, 1.807) is 6.07 Å². The van der Waals surface area contributed by atoms with E-state index in [4.69, 9.17) is 23.2 Å². The molecule has 0 bridgehead atoms. The van der Waals surface area contributed by atoms with E-state index in [9.17, 15) is 5.11 Å². The van der Waals surface area contributed by atoms with Gasteiger partial charge in [-0.15, -0.1) is 0 Å². The molecule has 2 unspecified atom stereocenters. The van der Waals surface area contributed by atoms with E-state index in [-0.39, 0.29) is 0 Å². The third-order valence-corrected chi connectivity index (χ3v) is 5.16. The van der Waals surface area contributed by atoms with Crippen LogP contribution in [-0.4, -0.2) is 34.7 Å². The maximum absolute atomic E-state index is 11.0. The Balaban J connectivity index is 1.81. The zero-order valence-electron chi connectivity index (χ0n) is 10.9. The van der Waals surface area contributed by atoms with Gasteiger partial charge in [0.25, 0.3) is 0 Å². The van der Waals surface area contributed by atoms with E-state index >= 15 is 0 Å². The van der Waals surface area contributed by atoms with Crippen LogP contribution in [0, 0.1) is 0 Å². The van der Waals surface area contributed by atoms with E-state index in [1.165, 1.54) is 12.8 Å². The fourth-order valence-electron chi connectivity index (χ4n) is 3.57. The van der Waals surface area contributed by atoms with Gasteiger partial charge in [-0.2, -0.15) is 0 Å². The standard InChI is InChI=1S/C15H19Cl2NO/c16-12-5-4-11(13(17)9-12)10-15(19)6-8-18-7-2-1-3-14(15)18/h4-5,9,14,19H,1-3,6-8,10H2. The van der Waals surface area contributed by atoms with Gasteiger partial charge in [-0.3, -0.25) is 4.90 Å². The average molecular weight is 300 g/mol. The summed E-state index contributed by atoms with van der Waals surface area (Å²) < 4.78 is 0. The lowest BCUT2D eigenvalue weighted by Gasteiger charge is -2.37. The molecule has 2 fully saturated rings. The molecule has 104 valence electrons. The van der Waals surface area contributed by atoms with Gasteiger partial charge in [0, 0.05) is 29.1 Å². The molecule has 1 N–H and O–H groups in total. The smallest absolute Gasteiger partial charge is 0.0854 e. The summed E-state index contributed by atoms with van der Waals surface area (Å²) >= 11 is 12.2. The van der Waals surface area contributed by atoms with E-state index in [1.807, 2.05) is 12.1 Å². The summed E-state index contributed by atoms with van der Waals surface area (Å²) in [5, 5.41) is 12.3. The topological polar surface area (TPSA) is 23.5 Å². The highest BCUT2D eigenvalue weighted by Gasteiger charge is 2.46. The predicted octanol–water partition coefficient (Wildman–Crippen LogP) is 3.53. The van der Waals surface area contributed by atoms with Crippen LogP contribution in [-0.2, 0) is 6.42 Å².